The third-order valence-electron chi connectivity index (χ3n) is 2.61. The molecule has 4 nitrogen and oxygen atoms in total. The van der Waals surface area contributed by atoms with Crippen LogP contribution in [0, 0.1) is 5.92 Å². The van der Waals surface area contributed by atoms with Gasteiger partial charge in [0.25, 0.3) is 0 Å². The van der Waals surface area contributed by atoms with Crippen molar-refractivity contribution in [2.24, 2.45) is 16.8 Å². The fraction of sp³-hybridized carbons (Fsp3) is 0.545. The number of hydrogen-bond donors (Lipinski definition) is 2. The Balaban J connectivity index is 2.54. The van der Waals surface area contributed by atoms with Gasteiger partial charge in [0.05, 0.1) is 4.34 Å². The molecular formula is C11H18ClN3OS. The number of hydrogen-bond acceptors (Lipinski definition) is 4. The highest BCUT2D eigenvalue weighted by Gasteiger charge is 2.13. The van der Waals surface area contributed by atoms with Gasteiger partial charge in [-0.1, -0.05) is 30.6 Å². The molecule has 1 heterocycles. The standard InChI is InChI=1S/C11H18ClN3OS/c1-3-15(6-8(2)11(13)14-16)7-9-4-5-10(12)17-9/h4-5,8,16H,3,6-7H2,1-2H3,(H2,13,14). The first kappa shape index (κ1) is 14.3. The molecule has 1 atom stereocenters. The first-order valence-corrected chi connectivity index (χ1v) is 6.70. The van der Waals surface area contributed by atoms with Crippen molar-refractivity contribution in [1.29, 1.82) is 0 Å². The smallest absolute Gasteiger partial charge is 0.143 e. The SMILES string of the molecule is CCN(Cc1ccc(Cl)s1)CC(C)/C(N)=N/O. The van der Waals surface area contributed by atoms with Crippen LogP contribution in [0.4, 0.5) is 0 Å². The van der Waals surface area contributed by atoms with Crippen molar-refractivity contribution >= 4 is 28.8 Å². The number of nitrogens with zero attached hydrogens (tertiary/aromatic N) is 2. The summed E-state index contributed by atoms with van der Waals surface area (Å²) in [5, 5.41) is 11.6. The van der Waals surface area contributed by atoms with Gasteiger partial charge in [-0.2, -0.15) is 0 Å². The normalized spacial score (nSPS) is 14.2. The lowest BCUT2D eigenvalue weighted by molar-refractivity contribution is 0.259. The van der Waals surface area contributed by atoms with E-state index in [4.69, 9.17) is 22.5 Å². The van der Waals surface area contributed by atoms with Gasteiger partial charge in [-0.3, -0.25) is 4.90 Å². The average Bonchev–Trinajstić information content (AvgIpc) is 2.72. The van der Waals surface area contributed by atoms with Crippen LogP contribution in [0.1, 0.15) is 18.7 Å². The van der Waals surface area contributed by atoms with E-state index in [2.05, 4.69) is 17.0 Å². The van der Waals surface area contributed by atoms with Crippen LogP contribution >= 0.6 is 22.9 Å². The van der Waals surface area contributed by atoms with E-state index in [1.54, 1.807) is 11.3 Å². The molecule has 6 heteroatoms. The zero-order valence-corrected chi connectivity index (χ0v) is 11.6. The topological polar surface area (TPSA) is 61.8 Å². The molecule has 0 radical (unpaired) electrons. The Morgan fingerprint density at radius 2 is 2.35 bits per heavy atom. The van der Waals surface area contributed by atoms with Crippen LogP contribution < -0.4 is 5.73 Å². The van der Waals surface area contributed by atoms with E-state index in [0.717, 1.165) is 24.0 Å². The van der Waals surface area contributed by atoms with E-state index in [1.165, 1.54) is 4.88 Å². The summed E-state index contributed by atoms with van der Waals surface area (Å²) in [7, 11) is 0. The summed E-state index contributed by atoms with van der Waals surface area (Å²) in [5.74, 6) is 0.308. The first-order chi connectivity index (χ1) is 8.06. The van der Waals surface area contributed by atoms with Gasteiger partial charge in [-0.25, -0.2) is 0 Å². The molecule has 0 aromatic carbocycles. The van der Waals surface area contributed by atoms with Crippen LogP contribution in [-0.2, 0) is 6.54 Å². The Hall–Kier alpha value is -0.780. The van der Waals surface area contributed by atoms with Crippen molar-refractivity contribution in [1.82, 2.24) is 4.90 Å². The van der Waals surface area contributed by atoms with Crippen molar-refractivity contribution in [3.63, 3.8) is 0 Å². The van der Waals surface area contributed by atoms with E-state index in [1.807, 2.05) is 19.1 Å². The molecule has 0 saturated heterocycles. The van der Waals surface area contributed by atoms with Crippen molar-refractivity contribution < 1.29 is 5.21 Å². The molecule has 96 valence electrons. The predicted molar refractivity (Wildman–Crippen MR) is 72.9 cm³/mol. The van der Waals surface area contributed by atoms with E-state index >= 15 is 0 Å². The van der Waals surface area contributed by atoms with Gasteiger partial charge in [0.2, 0.25) is 0 Å². The molecule has 0 bridgehead atoms. The monoisotopic (exact) mass is 275 g/mol. The predicted octanol–water partition coefficient (Wildman–Crippen LogP) is 2.61. The zero-order chi connectivity index (χ0) is 12.8. The number of rotatable bonds is 6. The number of nitrogens with two attached hydrogens (primary N) is 1. The largest absolute Gasteiger partial charge is 0.409 e. The van der Waals surface area contributed by atoms with Gasteiger partial charge in [-0.05, 0) is 18.7 Å². The molecule has 0 aliphatic carbocycles. The second-order valence-electron chi connectivity index (χ2n) is 3.96. The number of oxime groups is 1. The second kappa shape index (κ2) is 6.83. The summed E-state index contributed by atoms with van der Waals surface area (Å²) in [6.45, 7) is 6.56. The fourth-order valence-electron chi connectivity index (χ4n) is 1.54. The van der Waals surface area contributed by atoms with Crippen molar-refractivity contribution in [2.75, 3.05) is 13.1 Å². The molecule has 1 unspecified atom stereocenters. The van der Waals surface area contributed by atoms with E-state index in [9.17, 15) is 0 Å². The molecule has 17 heavy (non-hydrogen) atoms. The van der Waals surface area contributed by atoms with E-state index < -0.39 is 0 Å². The Kier molecular flexibility index (Phi) is 5.74. The molecule has 0 aliphatic heterocycles. The molecule has 0 aliphatic rings. The first-order valence-electron chi connectivity index (χ1n) is 5.50. The highest BCUT2D eigenvalue weighted by atomic mass is 35.5. The summed E-state index contributed by atoms with van der Waals surface area (Å²) in [4.78, 5) is 3.47. The van der Waals surface area contributed by atoms with Crippen LogP contribution in [-0.4, -0.2) is 29.0 Å². The molecule has 1 aromatic heterocycles. The van der Waals surface area contributed by atoms with E-state index in [-0.39, 0.29) is 11.8 Å². The maximum atomic E-state index is 8.61. The molecular weight excluding hydrogens is 258 g/mol. The lowest BCUT2D eigenvalue weighted by Gasteiger charge is -2.22. The Morgan fingerprint density at radius 3 is 2.82 bits per heavy atom. The minimum absolute atomic E-state index is 0.0374. The molecule has 0 fully saturated rings. The number of halogens is 1. The second-order valence-corrected chi connectivity index (χ2v) is 5.76. The quantitative estimate of drug-likeness (QED) is 0.363. The highest BCUT2D eigenvalue weighted by Crippen LogP contribution is 2.22. The van der Waals surface area contributed by atoms with Crippen LogP contribution in [0.3, 0.4) is 0 Å². The lowest BCUT2D eigenvalue weighted by atomic mass is 10.1. The van der Waals surface area contributed by atoms with Gasteiger partial charge in [0, 0.05) is 23.9 Å². The minimum Gasteiger partial charge on any atom is -0.409 e. The molecule has 1 rings (SSSR count). The Labute approximate surface area is 111 Å². The molecule has 3 N–H and O–H groups in total. The van der Waals surface area contributed by atoms with Crippen LogP contribution in [0.15, 0.2) is 17.3 Å². The Bertz CT molecular complexity index is 381. The van der Waals surface area contributed by atoms with Gasteiger partial charge < -0.3 is 10.9 Å². The van der Waals surface area contributed by atoms with Crippen molar-refractivity contribution in [3.05, 3.63) is 21.3 Å². The summed E-state index contributed by atoms with van der Waals surface area (Å²) in [6, 6.07) is 3.94. The van der Waals surface area contributed by atoms with Gasteiger partial charge >= 0.3 is 0 Å². The van der Waals surface area contributed by atoms with Crippen LogP contribution in [0.5, 0.6) is 0 Å². The maximum Gasteiger partial charge on any atom is 0.143 e. The number of amidine groups is 1. The van der Waals surface area contributed by atoms with Crippen LogP contribution in [0.2, 0.25) is 4.34 Å². The lowest BCUT2D eigenvalue weighted by Crippen LogP contribution is -2.34. The number of thiophene rings is 1. The third-order valence-corrected chi connectivity index (χ3v) is 3.82. The Morgan fingerprint density at radius 1 is 1.65 bits per heavy atom. The minimum atomic E-state index is 0.0374. The van der Waals surface area contributed by atoms with Crippen molar-refractivity contribution in [3.8, 4) is 0 Å². The summed E-state index contributed by atoms with van der Waals surface area (Å²) < 4.78 is 0.806. The molecule has 0 amide bonds. The zero-order valence-electron chi connectivity index (χ0n) is 10.1. The average molecular weight is 276 g/mol. The van der Waals surface area contributed by atoms with Gasteiger partial charge in [-0.15, -0.1) is 11.3 Å². The van der Waals surface area contributed by atoms with Gasteiger partial charge in [0.15, 0.2) is 0 Å². The van der Waals surface area contributed by atoms with Crippen molar-refractivity contribution in [2.45, 2.75) is 20.4 Å². The third kappa shape index (κ3) is 4.53. The van der Waals surface area contributed by atoms with E-state index in [0.29, 0.717) is 0 Å². The summed E-state index contributed by atoms with van der Waals surface area (Å²) in [6.07, 6.45) is 0. The molecule has 0 saturated carbocycles. The summed E-state index contributed by atoms with van der Waals surface area (Å²) in [5.41, 5.74) is 5.57. The van der Waals surface area contributed by atoms with Crippen LogP contribution in [0.25, 0.3) is 0 Å². The van der Waals surface area contributed by atoms with Gasteiger partial charge in [0.1, 0.15) is 5.84 Å². The highest BCUT2D eigenvalue weighted by molar-refractivity contribution is 7.16. The molecule has 0 spiro atoms. The fourth-order valence-corrected chi connectivity index (χ4v) is 2.67. The summed E-state index contributed by atoms with van der Waals surface area (Å²) >= 11 is 7.48. The maximum absolute atomic E-state index is 8.61. The molecule has 1 aromatic rings.